The van der Waals surface area contributed by atoms with Crippen LogP contribution in [0.3, 0.4) is 0 Å². The molecule has 3 aromatic rings. The third-order valence-corrected chi connectivity index (χ3v) is 5.20. The number of carbonyl (C=O) groups is 1. The molecule has 1 aromatic heterocycles. The fourth-order valence-electron chi connectivity index (χ4n) is 3.81. The summed E-state index contributed by atoms with van der Waals surface area (Å²) in [5, 5.41) is 11.6. The number of amides is 1. The van der Waals surface area contributed by atoms with Gasteiger partial charge in [0.1, 0.15) is 6.04 Å². The molecular formula is C23H26N4O2. The van der Waals surface area contributed by atoms with E-state index >= 15 is 0 Å². The van der Waals surface area contributed by atoms with Gasteiger partial charge in [0, 0.05) is 18.7 Å². The first kappa shape index (κ1) is 19.2. The molecule has 2 aromatic carbocycles. The van der Waals surface area contributed by atoms with Crippen LogP contribution in [-0.2, 0) is 0 Å². The lowest BCUT2D eigenvalue weighted by atomic mass is 10.0. The fourth-order valence-corrected chi connectivity index (χ4v) is 3.81. The Bertz CT molecular complexity index is 957. The summed E-state index contributed by atoms with van der Waals surface area (Å²) in [6.07, 6.45) is 3.49. The quantitative estimate of drug-likeness (QED) is 0.707. The molecule has 1 aliphatic rings. The van der Waals surface area contributed by atoms with Crippen molar-refractivity contribution in [2.75, 3.05) is 18.0 Å². The minimum Gasteiger partial charge on any atom is -0.405 e. The van der Waals surface area contributed by atoms with Gasteiger partial charge in [0.2, 0.25) is 5.89 Å². The lowest BCUT2D eigenvalue weighted by Gasteiger charge is -2.24. The lowest BCUT2D eigenvalue weighted by molar-refractivity contribution is 0.0937. The van der Waals surface area contributed by atoms with Crippen molar-refractivity contribution in [3.05, 3.63) is 76.7 Å². The number of anilines is 1. The molecule has 6 nitrogen and oxygen atoms in total. The molecule has 29 heavy (non-hydrogen) atoms. The molecule has 0 saturated carbocycles. The second-order valence-corrected chi connectivity index (χ2v) is 7.66. The van der Waals surface area contributed by atoms with E-state index < -0.39 is 6.04 Å². The van der Waals surface area contributed by atoms with Crippen LogP contribution in [0.5, 0.6) is 0 Å². The standard InChI is InChI=1S/C23H26N4O2/c1-16-13-17(2)15-19(14-16)21(28)24-20(18-9-5-3-6-10-18)22-25-26-23(29-22)27-11-7-4-8-12-27/h3,5-6,9-10,13-15,20H,4,7-8,11-12H2,1-2H3,(H,24,28)/t20-/m1/s1. The van der Waals surface area contributed by atoms with Crippen molar-refractivity contribution in [1.82, 2.24) is 15.5 Å². The second-order valence-electron chi connectivity index (χ2n) is 7.66. The van der Waals surface area contributed by atoms with Gasteiger partial charge in [-0.05, 0) is 50.8 Å². The molecule has 1 aliphatic heterocycles. The zero-order valence-electron chi connectivity index (χ0n) is 16.9. The molecule has 0 unspecified atom stereocenters. The van der Waals surface area contributed by atoms with Gasteiger partial charge in [-0.25, -0.2) is 0 Å². The van der Waals surface area contributed by atoms with E-state index in [0.29, 0.717) is 17.5 Å². The highest BCUT2D eigenvalue weighted by molar-refractivity contribution is 5.95. The van der Waals surface area contributed by atoms with Gasteiger partial charge in [-0.3, -0.25) is 4.79 Å². The zero-order chi connectivity index (χ0) is 20.2. The summed E-state index contributed by atoms with van der Waals surface area (Å²) in [5.41, 5.74) is 3.63. The monoisotopic (exact) mass is 390 g/mol. The van der Waals surface area contributed by atoms with E-state index in [9.17, 15) is 4.79 Å². The van der Waals surface area contributed by atoms with Crippen molar-refractivity contribution in [1.29, 1.82) is 0 Å². The van der Waals surface area contributed by atoms with Gasteiger partial charge in [-0.15, -0.1) is 5.10 Å². The van der Waals surface area contributed by atoms with Crippen LogP contribution in [0.25, 0.3) is 0 Å². The van der Waals surface area contributed by atoms with Gasteiger partial charge in [0.05, 0.1) is 0 Å². The zero-order valence-corrected chi connectivity index (χ0v) is 16.9. The van der Waals surface area contributed by atoms with Crippen LogP contribution in [-0.4, -0.2) is 29.2 Å². The molecule has 1 atom stereocenters. The number of rotatable bonds is 5. The highest BCUT2D eigenvalue weighted by Crippen LogP contribution is 2.26. The summed E-state index contributed by atoms with van der Waals surface area (Å²) >= 11 is 0. The molecule has 0 radical (unpaired) electrons. The molecule has 0 aliphatic carbocycles. The van der Waals surface area contributed by atoms with E-state index in [2.05, 4.69) is 20.4 Å². The van der Waals surface area contributed by atoms with Crippen LogP contribution in [0.1, 0.15) is 58.2 Å². The van der Waals surface area contributed by atoms with E-state index in [1.807, 2.05) is 62.4 Å². The molecule has 0 bridgehead atoms. The maximum atomic E-state index is 13.0. The van der Waals surface area contributed by atoms with E-state index in [0.717, 1.165) is 42.6 Å². The Hall–Kier alpha value is -3.15. The van der Waals surface area contributed by atoms with E-state index in [-0.39, 0.29) is 5.91 Å². The van der Waals surface area contributed by atoms with Gasteiger partial charge in [0.25, 0.3) is 5.91 Å². The first-order chi connectivity index (χ1) is 14.1. The molecule has 1 N–H and O–H groups in total. The van der Waals surface area contributed by atoms with Crippen molar-refractivity contribution >= 4 is 11.9 Å². The SMILES string of the molecule is Cc1cc(C)cc(C(=O)N[C@H](c2ccccc2)c2nnc(N3CCCCC3)o2)c1. The largest absolute Gasteiger partial charge is 0.405 e. The maximum absolute atomic E-state index is 13.0. The normalized spacial score (nSPS) is 15.2. The maximum Gasteiger partial charge on any atom is 0.318 e. The highest BCUT2D eigenvalue weighted by atomic mass is 16.4. The molecule has 0 spiro atoms. The highest BCUT2D eigenvalue weighted by Gasteiger charge is 2.25. The van der Waals surface area contributed by atoms with Crippen molar-refractivity contribution < 1.29 is 9.21 Å². The minimum atomic E-state index is -0.504. The number of nitrogens with zero attached hydrogens (tertiary/aromatic N) is 3. The van der Waals surface area contributed by atoms with Gasteiger partial charge in [-0.2, -0.15) is 0 Å². The number of benzene rings is 2. The van der Waals surface area contributed by atoms with Crippen molar-refractivity contribution in [3.63, 3.8) is 0 Å². The predicted molar refractivity (Wildman–Crippen MR) is 112 cm³/mol. The molecule has 1 amide bonds. The Balaban J connectivity index is 1.62. The Morgan fingerprint density at radius 1 is 1.00 bits per heavy atom. The van der Waals surface area contributed by atoms with Crippen LogP contribution < -0.4 is 10.2 Å². The smallest absolute Gasteiger partial charge is 0.318 e. The summed E-state index contributed by atoms with van der Waals surface area (Å²) in [6.45, 7) is 5.82. The average molecular weight is 390 g/mol. The van der Waals surface area contributed by atoms with Crippen LogP contribution in [0.4, 0.5) is 6.01 Å². The molecule has 4 rings (SSSR count). The van der Waals surface area contributed by atoms with Crippen LogP contribution in [0.2, 0.25) is 0 Å². The van der Waals surface area contributed by atoms with Crippen molar-refractivity contribution in [2.24, 2.45) is 0 Å². The number of hydrogen-bond acceptors (Lipinski definition) is 5. The molecule has 1 fully saturated rings. The summed E-state index contributed by atoms with van der Waals surface area (Å²) in [4.78, 5) is 15.1. The Morgan fingerprint density at radius 3 is 2.38 bits per heavy atom. The summed E-state index contributed by atoms with van der Waals surface area (Å²) in [7, 11) is 0. The number of piperidine rings is 1. The third-order valence-electron chi connectivity index (χ3n) is 5.20. The van der Waals surface area contributed by atoms with Gasteiger partial charge in [0.15, 0.2) is 0 Å². The molecule has 150 valence electrons. The third kappa shape index (κ3) is 4.47. The minimum absolute atomic E-state index is 0.164. The molecule has 1 saturated heterocycles. The van der Waals surface area contributed by atoms with Crippen LogP contribution in [0.15, 0.2) is 52.9 Å². The van der Waals surface area contributed by atoms with Gasteiger partial charge in [-0.1, -0.05) is 52.6 Å². The van der Waals surface area contributed by atoms with Crippen molar-refractivity contribution in [3.8, 4) is 0 Å². The van der Waals surface area contributed by atoms with Gasteiger partial charge < -0.3 is 14.6 Å². The van der Waals surface area contributed by atoms with Crippen molar-refractivity contribution in [2.45, 2.75) is 39.2 Å². The number of nitrogens with one attached hydrogen (secondary N) is 1. The van der Waals surface area contributed by atoms with E-state index in [4.69, 9.17) is 4.42 Å². The van der Waals surface area contributed by atoms with Crippen LogP contribution >= 0.6 is 0 Å². The molecule has 6 heteroatoms. The average Bonchev–Trinajstić information content (AvgIpc) is 3.22. The number of aromatic nitrogens is 2. The fraction of sp³-hybridized carbons (Fsp3) is 0.348. The predicted octanol–water partition coefficient (Wildman–Crippen LogP) is 4.20. The molecule has 2 heterocycles. The topological polar surface area (TPSA) is 71.3 Å². The summed E-state index contributed by atoms with van der Waals surface area (Å²) < 4.78 is 6.01. The number of hydrogen-bond donors (Lipinski definition) is 1. The lowest BCUT2D eigenvalue weighted by Crippen LogP contribution is -2.30. The Kier molecular flexibility index (Phi) is 5.60. The first-order valence-electron chi connectivity index (χ1n) is 10.1. The second kappa shape index (κ2) is 8.47. The number of aryl methyl sites for hydroxylation is 2. The molecular weight excluding hydrogens is 364 g/mol. The summed E-state index contributed by atoms with van der Waals surface area (Å²) in [6, 6.07) is 15.6. The Morgan fingerprint density at radius 2 is 1.69 bits per heavy atom. The van der Waals surface area contributed by atoms with Crippen LogP contribution in [0, 0.1) is 13.8 Å². The van der Waals surface area contributed by atoms with E-state index in [1.165, 1.54) is 6.42 Å². The Labute approximate surface area is 170 Å². The van der Waals surface area contributed by atoms with E-state index in [1.54, 1.807) is 0 Å². The summed E-state index contributed by atoms with van der Waals surface area (Å²) in [5.74, 6) is 0.234. The first-order valence-corrected chi connectivity index (χ1v) is 10.1. The van der Waals surface area contributed by atoms with Gasteiger partial charge >= 0.3 is 6.01 Å². The number of carbonyl (C=O) groups excluding carboxylic acids is 1.